The third-order valence-corrected chi connectivity index (χ3v) is 4.65. The molecule has 30 heavy (non-hydrogen) atoms. The lowest BCUT2D eigenvalue weighted by molar-refractivity contribution is -0.145. The van der Waals surface area contributed by atoms with E-state index in [0.717, 1.165) is 25.0 Å². The molecule has 7 heteroatoms. The molecule has 0 aromatic heterocycles. The first-order chi connectivity index (χ1) is 14.5. The molecular formula is C23H26NO6. The van der Waals surface area contributed by atoms with Gasteiger partial charge in [-0.2, -0.15) is 0 Å². The van der Waals surface area contributed by atoms with Crippen molar-refractivity contribution >= 4 is 11.8 Å². The summed E-state index contributed by atoms with van der Waals surface area (Å²) in [5.41, 5.74) is 0.483. The van der Waals surface area contributed by atoms with Crippen LogP contribution in [0, 0.1) is 0 Å². The third kappa shape index (κ3) is 4.84. The number of hydrogen-bond donors (Lipinski definition) is 1. The van der Waals surface area contributed by atoms with Crippen LogP contribution in [-0.2, 0) is 14.3 Å². The molecule has 0 spiro atoms. The summed E-state index contributed by atoms with van der Waals surface area (Å²) in [7, 11) is 0. The maximum Gasteiger partial charge on any atom is 0.338 e. The van der Waals surface area contributed by atoms with Gasteiger partial charge in [-0.05, 0) is 43.2 Å². The topological polar surface area (TPSA) is 96.2 Å². The van der Waals surface area contributed by atoms with Crippen molar-refractivity contribution in [2.45, 2.75) is 45.3 Å². The van der Waals surface area contributed by atoms with Gasteiger partial charge >= 0.3 is 5.97 Å². The first-order valence-corrected chi connectivity index (χ1v) is 10.2. The third-order valence-electron chi connectivity index (χ3n) is 4.65. The van der Waals surface area contributed by atoms with E-state index in [-0.39, 0.29) is 12.2 Å². The van der Waals surface area contributed by atoms with Crippen molar-refractivity contribution in [2.75, 3.05) is 13.2 Å². The normalized spacial score (nSPS) is 20.2. The predicted octanol–water partition coefficient (Wildman–Crippen LogP) is 3.39. The van der Waals surface area contributed by atoms with Gasteiger partial charge in [-0.25, -0.2) is 4.79 Å². The number of carbonyl (C=O) groups is 2. The lowest BCUT2D eigenvalue weighted by atomic mass is 9.88. The van der Waals surface area contributed by atoms with Crippen molar-refractivity contribution in [3.8, 4) is 11.5 Å². The molecule has 1 aromatic rings. The number of aliphatic hydroxyl groups excluding tert-OH is 1. The summed E-state index contributed by atoms with van der Waals surface area (Å²) in [6.07, 6.45) is 6.24. The fourth-order valence-corrected chi connectivity index (χ4v) is 3.03. The van der Waals surface area contributed by atoms with Gasteiger partial charge in [0.05, 0.1) is 18.8 Å². The maximum atomic E-state index is 13.0. The molecule has 1 aliphatic heterocycles. The van der Waals surface area contributed by atoms with E-state index in [9.17, 15) is 14.7 Å². The summed E-state index contributed by atoms with van der Waals surface area (Å²) in [5.74, 6) is -0.302. The van der Waals surface area contributed by atoms with E-state index < -0.39 is 29.7 Å². The first kappa shape index (κ1) is 21.5. The largest absolute Gasteiger partial charge is 0.509 e. The highest BCUT2D eigenvalue weighted by Gasteiger charge is 2.38. The van der Waals surface area contributed by atoms with E-state index in [1.807, 2.05) is 13.8 Å². The molecule has 0 fully saturated rings. The molecule has 2 atom stereocenters. The number of esters is 1. The minimum atomic E-state index is -1.23. The van der Waals surface area contributed by atoms with Gasteiger partial charge in [0.15, 0.2) is 6.10 Å². The minimum Gasteiger partial charge on any atom is -0.509 e. The van der Waals surface area contributed by atoms with Gasteiger partial charge in [0.25, 0.3) is 0 Å². The number of ketones is 1. The van der Waals surface area contributed by atoms with Crippen LogP contribution in [0.15, 0.2) is 59.5 Å². The van der Waals surface area contributed by atoms with E-state index >= 15 is 0 Å². The van der Waals surface area contributed by atoms with Gasteiger partial charge in [0.2, 0.25) is 11.8 Å². The Morgan fingerprint density at radius 1 is 1.10 bits per heavy atom. The SMILES string of the molecule is CCCCOC(=O)C1[N]C=C2C=CC(Oc3ccc(OCCC)cc3)C(=O)C2=C1O. The van der Waals surface area contributed by atoms with Crippen LogP contribution in [-0.4, -0.2) is 42.2 Å². The molecular weight excluding hydrogens is 386 g/mol. The van der Waals surface area contributed by atoms with Crippen LogP contribution in [0.2, 0.25) is 0 Å². The Kier molecular flexibility index (Phi) is 7.17. The van der Waals surface area contributed by atoms with Crippen LogP contribution < -0.4 is 14.8 Å². The summed E-state index contributed by atoms with van der Waals surface area (Å²) in [5, 5.41) is 14.6. The molecule has 0 bridgehead atoms. The molecule has 7 nitrogen and oxygen atoms in total. The van der Waals surface area contributed by atoms with Crippen molar-refractivity contribution in [2.24, 2.45) is 0 Å². The summed E-state index contributed by atoms with van der Waals surface area (Å²) in [4.78, 5) is 25.2. The van der Waals surface area contributed by atoms with Crippen LogP contribution in [0.1, 0.15) is 33.1 Å². The Morgan fingerprint density at radius 3 is 2.53 bits per heavy atom. The first-order valence-electron chi connectivity index (χ1n) is 10.2. The van der Waals surface area contributed by atoms with Crippen molar-refractivity contribution in [3.63, 3.8) is 0 Å². The highest BCUT2D eigenvalue weighted by atomic mass is 16.5. The van der Waals surface area contributed by atoms with Crippen LogP contribution in [0.25, 0.3) is 0 Å². The number of fused-ring (bicyclic) bond motifs is 1. The summed E-state index contributed by atoms with van der Waals surface area (Å²) in [6.45, 7) is 4.88. The monoisotopic (exact) mass is 412 g/mol. The molecule has 1 aliphatic carbocycles. The van der Waals surface area contributed by atoms with Crippen LogP contribution in [0.4, 0.5) is 0 Å². The summed E-state index contributed by atoms with van der Waals surface area (Å²) in [6, 6.07) is 5.75. The molecule has 1 aromatic carbocycles. The van der Waals surface area contributed by atoms with Crippen LogP contribution >= 0.6 is 0 Å². The standard InChI is InChI=1S/C23H26NO6/c1-3-5-13-29-23(27)20-22(26)19-15(14-24-20)6-11-18(21(19)25)30-17-9-7-16(8-10-17)28-12-4-2/h6-11,14,18,20,26H,3-5,12-13H2,1-2H3. The molecule has 159 valence electrons. The number of aliphatic hydroxyl groups is 1. The van der Waals surface area contributed by atoms with Crippen molar-refractivity contribution in [1.29, 1.82) is 0 Å². The van der Waals surface area contributed by atoms with E-state index in [1.54, 1.807) is 36.4 Å². The second-order valence-corrected chi connectivity index (χ2v) is 7.00. The average Bonchev–Trinajstić information content (AvgIpc) is 2.75. The number of carbonyl (C=O) groups excluding carboxylic acids is 2. The zero-order valence-corrected chi connectivity index (χ0v) is 17.2. The Bertz CT molecular complexity index is 868. The number of nitrogens with zero attached hydrogens (tertiary/aromatic N) is 1. The zero-order valence-electron chi connectivity index (χ0n) is 17.2. The summed E-state index contributed by atoms with van der Waals surface area (Å²) < 4.78 is 16.5. The minimum absolute atomic E-state index is 0.0397. The number of unbranched alkanes of at least 4 members (excludes halogenated alkanes) is 1. The Labute approximate surface area is 176 Å². The second kappa shape index (κ2) is 10.0. The quantitative estimate of drug-likeness (QED) is 0.493. The molecule has 2 unspecified atom stereocenters. The van der Waals surface area contributed by atoms with Gasteiger partial charge in [-0.15, -0.1) is 0 Å². The highest BCUT2D eigenvalue weighted by Crippen LogP contribution is 2.30. The Morgan fingerprint density at radius 2 is 1.83 bits per heavy atom. The van der Waals surface area contributed by atoms with Gasteiger partial charge < -0.3 is 19.3 Å². The van der Waals surface area contributed by atoms with E-state index in [0.29, 0.717) is 17.9 Å². The lowest BCUT2D eigenvalue weighted by Crippen LogP contribution is -2.40. The smallest absolute Gasteiger partial charge is 0.338 e. The number of hydrogen-bond acceptors (Lipinski definition) is 6. The number of benzene rings is 1. The molecule has 3 rings (SSSR count). The number of Topliss-reactive ketones (excluding diaryl/α,β-unsaturated/α-hetero) is 1. The maximum absolute atomic E-state index is 13.0. The number of allylic oxidation sites excluding steroid dienone is 2. The highest BCUT2D eigenvalue weighted by molar-refractivity contribution is 6.07. The van der Waals surface area contributed by atoms with E-state index in [1.165, 1.54) is 6.20 Å². The zero-order chi connectivity index (χ0) is 21.5. The molecule has 1 N–H and O–H groups in total. The Hall–Kier alpha value is -3.22. The van der Waals surface area contributed by atoms with E-state index in [4.69, 9.17) is 14.2 Å². The predicted molar refractivity (Wildman–Crippen MR) is 110 cm³/mol. The molecule has 0 amide bonds. The fourth-order valence-electron chi connectivity index (χ4n) is 3.03. The molecule has 0 saturated heterocycles. The second-order valence-electron chi connectivity index (χ2n) is 7.00. The number of rotatable bonds is 9. The van der Waals surface area contributed by atoms with Gasteiger partial charge in [0.1, 0.15) is 17.3 Å². The lowest BCUT2D eigenvalue weighted by Gasteiger charge is -2.27. The average molecular weight is 412 g/mol. The van der Waals surface area contributed by atoms with Crippen LogP contribution in [0.3, 0.4) is 0 Å². The summed E-state index contributed by atoms with van der Waals surface area (Å²) >= 11 is 0. The van der Waals surface area contributed by atoms with E-state index in [2.05, 4.69) is 5.32 Å². The molecule has 1 radical (unpaired) electrons. The molecule has 0 saturated carbocycles. The van der Waals surface area contributed by atoms with Crippen molar-refractivity contribution in [3.05, 3.63) is 59.5 Å². The van der Waals surface area contributed by atoms with Crippen molar-refractivity contribution in [1.82, 2.24) is 5.32 Å². The molecule has 2 aliphatic rings. The number of ether oxygens (including phenoxy) is 3. The molecule has 1 heterocycles. The van der Waals surface area contributed by atoms with Crippen molar-refractivity contribution < 1.29 is 28.9 Å². The van der Waals surface area contributed by atoms with Gasteiger partial charge in [0, 0.05) is 11.8 Å². The van der Waals surface area contributed by atoms with Gasteiger partial charge in [-0.1, -0.05) is 26.3 Å². The fraction of sp³-hybridized carbons (Fsp3) is 0.391. The van der Waals surface area contributed by atoms with Crippen LogP contribution in [0.5, 0.6) is 11.5 Å². The van der Waals surface area contributed by atoms with Gasteiger partial charge in [-0.3, -0.25) is 10.1 Å². The Balaban J connectivity index is 1.72.